The summed E-state index contributed by atoms with van der Waals surface area (Å²) < 4.78 is 0. The van der Waals surface area contributed by atoms with Gasteiger partial charge in [-0.3, -0.25) is 0 Å². The van der Waals surface area contributed by atoms with E-state index in [2.05, 4.69) is 45.2 Å². The minimum atomic E-state index is 0.577. The molecule has 172 valence electrons. The number of hydrogen-bond acceptors (Lipinski definition) is 5. The Kier molecular flexibility index (Phi) is 5.68. The van der Waals surface area contributed by atoms with Gasteiger partial charge in [0, 0.05) is 43.3 Å². The van der Waals surface area contributed by atoms with E-state index in [1.165, 1.54) is 82.4 Å². The number of nitrogens with zero attached hydrogens (tertiary/aromatic N) is 4. The van der Waals surface area contributed by atoms with Crippen LogP contribution in [0.2, 0.25) is 0 Å². The van der Waals surface area contributed by atoms with Gasteiger partial charge in [-0.2, -0.15) is 0 Å². The Labute approximate surface area is 192 Å². The average molecular weight is 435 g/mol. The van der Waals surface area contributed by atoms with Gasteiger partial charge < -0.3 is 20.1 Å². The lowest BCUT2D eigenvalue weighted by atomic mass is 10.1. The maximum atomic E-state index is 4.98. The molecule has 0 aromatic carbocycles. The first-order valence-corrected chi connectivity index (χ1v) is 13.0. The van der Waals surface area contributed by atoms with Gasteiger partial charge in [-0.15, -0.1) is 0 Å². The van der Waals surface area contributed by atoms with Crippen LogP contribution in [0.3, 0.4) is 0 Å². The summed E-state index contributed by atoms with van der Waals surface area (Å²) in [5.74, 6) is 3.50. The Bertz CT molecular complexity index is 928. The minimum Gasteiger partial charge on any atom is -0.355 e. The standard InChI is InChI=1S/C26H38N6/c1-18-25(20-9-10-20)30-26(28-18)23-7-4-8-24(29-23)32-14-12-21(17-32)27-15-19-11-13-31(16-19)22-5-2-3-6-22/h4,7-8,19-22,27H,2-3,5-6,9-17H2,1H3,(H,28,30)/t19?,21-/m1/s1. The first kappa shape index (κ1) is 20.7. The Hall–Kier alpha value is -1.92. The maximum absolute atomic E-state index is 4.98. The zero-order valence-corrected chi connectivity index (χ0v) is 19.5. The number of rotatable bonds is 7. The third-order valence-electron chi connectivity index (χ3n) is 8.23. The molecule has 2 aromatic heterocycles. The normalized spacial score (nSPS) is 27.1. The first-order valence-electron chi connectivity index (χ1n) is 13.0. The van der Waals surface area contributed by atoms with Crippen LogP contribution < -0.4 is 10.2 Å². The number of aromatic amines is 1. The third kappa shape index (κ3) is 4.32. The maximum Gasteiger partial charge on any atom is 0.156 e. The van der Waals surface area contributed by atoms with E-state index >= 15 is 0 Å². The summed E-state index contributed by atoms with van der Waals surface area (Å²) in [6.07, 6.45) is 10.9. The first-order chi connectivity index (χ1) is 15.7. The van der Waals surface area contributed by atoms with Crippen molar-refractivity contribution in [3.8, 4) is 11.5 Å². The van der Waals surface area contributed by atoms with Crippen LogP contribution in [0.15, 0.2) is 18.2 Å². The number of aromatic nitrogens is 3. The monoisotopic (exact) mass is 434 g/mol. The molecule has 0 spiro atoms. The van der Waals surface area contributed by atoms with E-state index < -0.39 is 0 Å². The fraction of sp³-hybridized carbons (Fsp3) is 0.692. The van der Waals surface area contributed by atoms with E-state index in [1.807, 2.05) is 0 Å². The van der Waals surface area contributed by atoms with Crippen molar-refractivity contribution in [2.45, 2.75) is 76.3 Å². The molecule has 32 heavy (non-hydrogen) atoms. The van der Waals surface area contributed by atoms with Crippen molar-refractivity contribution in [1.82, 2.24) is 25.2 Å². The molecule has 2 saturated heterocycles. The number of likely N-dealkylation sites (tertiary alicyclic amines) is 1. The van der Waals surface area contributed by atoms with Crippen molar-refractivity contribution in [3.63, 3.8) is 0 Å². The molecule has 2 saturated carbocycles. The minimum absolute atomic E-state index is 0.577. The predicted molar refractivity (Wildman–Crippen MR) is 129 cm³/mol. The van der Waals surface area contributed by atoms with Gasteiger partial charge in [0.2, 0.25) is 0 Å². The molecule has 6 rings (SSSR count). The van der Waals surface area contributed by atoms with Crippen LogP contribution >= 0.6 is 0 Å². The smallest absolute Gasteiger partial charge is 0.156 e. The number of pyridine rings is 1. The summed E-state index contributed by atoms with van der Waals surface area (Å²) >= 11 is 0. The number of H-pyrrole nitrogens is 1. The zero-order valence-electron chi connectivity index (χ0n) is 19.5. The highest BCUT2D eigenvalue weighted by atomic mass is 15.2. The zero-order chi connectivity index (χ0) is 21.5. The van der Waals surface area contributed by atoms with E-state index in [0.717, 1.165) is 42.4 Å². The van der Waals surface area contributed by atoms with Crippen molar-refractivity contribution in [2.75, 3.05) is 37.6 Å². The molecule has 1 unspecified atom stereocenters. The molecule has 6 heteroatoms. The highest BCUT2D eigenvalue weighted by molar-refractivity contribution is 5.56. The molecule has 2 N–H and O–H groups in total. The van der Waals surface area contributed by atoms with Gasteiger partial charge in [-0.05, 0) is 76.6 Å². The number of imidazole rings is 1. The van der Waals surface area contributed by atoms with Crippen LogP contribution in [-0.2, 0) is 0 Å². The number of hydrogen-bond donors (Lipinski definition) is 2. The molecule has 4 heterocycles. The quantitative estimate of drug-likeness (QED) is 0.687. The fourth-order valence-corrected chi connectivity index (χ4v) is 6.18. The SMILES string of the molecule is Cc1[nH]c(-c2cccc(N3CC[C@@H](NCC4CCN(C5CCCC5)C4)C3)n2)nc1C1CC1. The van der Waals surface area contributed by atoms with Crippen molar-refractivity contribution < 1.29 is 0 Å². The number of anilines is 1. The van der Waals surface area contributed by atoms with Crippen molar-refractivity contribution in [3.05, 3.63) is 29.6 Å². The second-order valence-corrected chi connectivity index (χ2v) is 10.7. The van der Waals surface area contributed by atoms with E-state index in [-0.39, 0.29) is 0 Å². The van der Waals surface area contributed by atoms with Crippen LogP contribution in [-0.4, -0.2) is 64.7 Å². The van der Waals surface area contributed by atoms with E-state index in [4.69, 9.17) is 9.97 Å². The molecule has 2 atom stereocenters. The van der Waals surface area contributed by atoms with E-state index in [9.17, 15) is 0 Å². The molecular weight excluding hydrogens is 396 g/mol. The molecule has 4 fully saturated rings. The van der Waals surface area contributed by atoms with Crippen molar-refractivity contribution >= 4 is 5.82 Å². The number of nitrogens with one attached hydrogen (secondary N) is 2. The van der Waals surface area contributed by atoms with Crippen molar-refractivity contribution in [1.29, 1.82) is 0 Å². The highest BCUT2D eigenvalue weighted by Crippen LogP contribution is 2.41. The second-order valence-electron chi connectivity index (χ2n) is 10.7. The Balaban J connectivity index is 1.03. The molecule has 4 aliphatic rings. The predicted octanol–water partition coefficient (Wildman–Crippen LogP) is 4.09. The second kappa shape index (κ2) is 8.79. The largest absolute Gasteiger partial charge is 0.355 e. The Morgan fingerprint density at radius 2 is 1.88 bits per heavy atom. The summed E-state index contributed by atoms with van der Waals surface area (Å²) in [5.41, 5.74) is 3.42. The van der Waals surface area contributed by atoms with E-state index in [0.29, 0.717) is 12.0 Å². The van der Waals surface area contributed by atoms with Gasteiger partial charge in [0.25, 0.3) is 0 Å². The molecule has 6 nitrogen and oxygen atoms in total. The summed E-state index contributed by atoms with van der Waals surface area (Å²) in [6.45, 7) is 8.08. The van der Waals surface area contributed by atoms with Crippen LogP contribution in [0.25, 0.3) is 11.5 Å². The lowest BCUT2D eigenvalue weighted by molar-refractivity contribution is 0.236. The fourth-order valence-electron chi connectivity index (χ4n) is 6.18. The molecule has 2 aliphatic carbocycles. The lowest BCUT2D eigenvalue weighted by Gasteiger charge is -2.24. The summed E-state index contributed by atoms with van der Waals surface area (Å²) in [5, 5.41) is 3.90. The van der Waals surface area contributed by atoms with E-state index in [1.54, 1.807) is 0 Å². The molecule has 0 radical (unpaired) electrons. The molecule has 2 aromatic rings. The van der Waals surface area contributed by atoms with Crippen molar-refractivity contribution in [2.24, 2.45) is 5.92 Å². The van der Waals surface area contributed by atoms with Crippen LogP contribution in [0.1, 0.15) is 68.7 Å². The summed E-state index contributed by atoms with van der Waals surface area (Å²) in [6, 6.07) is 7.83. The average Bonchev–Trinajstić information content (AvgIpc) is 3.27. The third-order valence-corrected chi connectivity index (χ3v) is 8.23. The summed E-state index contributed by atoms with van der Waals surface area (Å²) in [4.78, 5) is 18.6. The Morgan fingerprint density at radius 1 is 1.00 bits per heavy atom. The molecule has 0 bridgehead atoms. The van der Waals surface area contributed by atoms with Crippen LogP contribution in [0.4, 0.5) is 5.82 Å². The van der Waals surface area contributed by atoms with Gasteiger partial charge >= 0.3 is 0 Å². The van der Waals surface area contributed by atoms with Gasteiger partial charge in [-0.25, -0.2) is 9.97 Å². The molecule has 0 amide bonds. The highest BCUT2D eigenvalue weighted by Gasteiger charge is 2.31. The topological polar surface area (TPSA) is 60.1 Å². The van der Waals surface area contributed by atoms with Crippen LogP contribution in [0.5, 0.6) is 0 Å². The summed E-state index contributed by atoms with van der Waals surface area (Å²) in [7, 11) is 0. The molecular formula is C26H38N6. The van der Waals surface area contributed by atoms with Gasteiger partial charge in [0.1, 0.15) is 11.5 Å². The van der Waals surface area contributed by atoms with Gasteiger partial charge in [-0.1, -0.05) is 18.9 Å². The van der Waals surface area contributed by atoms with Gasteiger partial charge in [0.15, 0.2) is 5.82 Å². The lowest BCUT2D eigenvalue weighted by Crippen LogP contribution is -2.37. The van der Waals surface area contributed by atoms with Crippen LogP contribution in [0, 0.1) is 12.8 Å². The molecule has 2 aliphatic heterocycles. The number of aryl methyl sites for hydroxylation is 1. The Morgan fingerprint density at radius 3 is 2.72 bits per heavy atom. The van der Waals surface area contributed by atoms with Gasteiger partial charge in [0.05, 0.1) is 5.69 Å².